The summed E-state index contributed by atoms with van der Waals surface area (Å²) in [5.41, 5.74) is 1.19. The number of nitrogens with one attached hydrogen (secondary N) is 1. The van der Waals surface area contributed by atoms with Gasteiger partial charge in [0.1, 0.15) is 0 Å². The molecule has 82 valence electrons. The van der Waals surface area contributed by atoms with Crippen molar-refractivity contribution < 1.29 is 4.21 Å². The SMILES string of the molecule is Cc1cccc(S(=O)C2CCNCC2)c1. The molecule has 1 unspecified atom stereocenters. The Labute approximate surface area is 93.5 Å². The van der Waals surface area contributed by atoms with E-state index >= 15 is 0 Å². The van der Waals surface area contributed by atoms with Crippen molar-refractivity contribution in [3.63, 3.8) is 0 Å². The Morgan fingerprint density at radius 1 is 1.33 bits per heavy atom. The van der Waals surface area contributed by atoms with Crippen molar-refractivity contribution in [2.75, 3.05) is 13.1 Å². The molecule has 1 aromatic rings. The number of hydrogen-bond acceptors (Lipinski definition) is 2. The molecule has 0 aliphatic carbocycles. The molecule has 0 bridgehead atoms. The summed E-state index contributed by atoms with van der Waals surface area (Å²) in [6, 6.07) is 8.05. The Balaban J connectivity index is 2.12. The van der Waals surface area contributed by atoms with Crippen molar-refractivity contribution in [3.05, 3.63) is 29.8 Å². The first-order valence-corrected chi connectivity index (χ1v) is 6.66. The minimum atomic E-state index is -0.820. The van der Waals surface area contributed by atoms with Gasteiger partial charge in [0.25, 0.3) is 0 Å². The van der Waals surface area contributed by atoms with E-state index in [0.29, 0.717) is 5.25 Å². The Hall–Kier alpha value is -0.670. The monoisotopic (exact) mass is 223 g/mol. The van der Waals surface area contributed by atoms with Crippen molar-refractivity contribution in [2.24, 2.45) is 0 Å². The first kappa shape index (κ1) is 10.8. The molecule has 3 heteroatoms. The third-order valence-electron chi connectivity index (χ3n) is 2.81. The van der Waals surface area contributed by atoms with Gasteiger partial charge in [-0.1, -0.05) is 12.1 Å². The fourth-order valence-electron chi connectivity index (χ4n) is 1.94. The molecule has 1 aliphatic rings. The van der Waals surface area contributed by atoms with Gasteiger partial charge in [-0.2, -0.15) is 0 Å². The van der Waals surface area contributed by atoms with Crippen molar-refractivity contribution in [1.82, 2.24) is 5.32 Å². The van der Waals surface area contributed by atoms with Crippen LogP contribution in [0.3, 0.4) is 0 Å². The summed E-state index contributed by atoms with van der Waals surface area (Å²) in [4.78, 5) is 0.988. The van der Waals surface area contributed by atoms with E-state index < -0.39 is 10.8 Å². The van der Waals surface area contributed by atoms with E-state index in [-0.39, 0.29) is 0 Å². The van der Waals surface area contributed by atoms with Gasteiger partial charge in [-0.3, -0.25) is 4.21 Å². The van der Waals surface area contributed by atoms with Crippen LogP contribution in [-0.4, -0.2) is 22.5 Å². The minimum absolute atomic E-state index is 0.341. The van der Waals surface area contributed by atoms with E-state index in [9.17, 15) is 4.21 Å². The number of aryl methyl sites for hydroxylation is 1. The van der Waals surface area contributed by atoms with Crippen LogP contribution in [0.2, 0.25) is 0 Å². The lowest BCUT2D eigenvalue weighted by molar-refractivity contribution is 0.519. The smallest absolute Gasteiger partial charge is 0.0561 e. The van der Waals surface area contributed by atoms with E-state index in [1.807, 2.05) is 31.2 Å². The maximum absolute atomic E-state index is 12.2. The summed E-state index contributed by atoms with van der Waals surface area (Å²) in [6.45, 7) is 4.05. The van der Waals surface area contributed by atoms with Gasteiger partial charge in [0, 0.05) is 10.1 Å². The number of rotatable bonds is 2. The van der Waals surface area contributed by atoms with Gasteiger partial charge >= 0.3 is 0 Å². The Kier molecular flexibility index (Phi) is 3.54. The van der Waals surface area contributed by atoms with Crippen LogP contribution in [0.15, 0.2) is 29.2 Å². The first-order valence-electron chi connectivity index (χ1n) is 5.45. The molecule has 1 N–H and O–H groups in total. The van der Waals surface area contributed by atoms with Crippen molar-refractivity contribution in [3.8, 4) is 0 Å². The predicted octanol–water partition coefficient (Wildman–Crippen LogP) is 1.85. The molecular weight excluding hydrogens is 206 g/mol. The second-order valence-electron chi connectivity index (χ2n) is 4.06. The van der Waals surface area contributed by atoms with Crippen LogP contribution in [-0.2, 0) is 10.8 Å². The van der Waals surface area contributed by atoms with Crippen molar-refractivity contribution >= 4 is 10.8 Å². The normalized spacial score (nSPS) is 20.1. The molecule has 0 radical (unpaired) electrons. The molecule has 2 rings (SSSR count). The fraction of sp³-hybridized carbons (Fsp3) is 0.500. The molecule has 0 amide bonds. The molecule has 1 heterocycles. The highest BCUT2D eigenvalue weighted by atomic mass is 32.2. The lowest BCUT2D eigenvalue weighted by atomic mass is 10.2. The molecule has 1 atom stereocenters. The standard InChI is InChI=1S/C12H17NOS/c1-10-3-2-4-12(9-10)15(14)11-5-7-13-8-6-11/h2-4,9,11,13H,5-8H2,1H3. The van der Waals surface area contributed by atoms with Gasteiger partial charge in [0.2, 0.25) is 0 Å². The number of piperidine rings is 1. The second-order valence-corrected chi connectivity index (χ2v) is 5.80. The van der Waals surface area contributed by atoms with E-state index in [1.54, 1.807) is 0 Å². The van der Waals surface area contributed by atoms with Gasteiger partial charge in [0.15, 0.2) is 0 Å². The molecule has 1 fully saturated rings. The van der Waals surface area contributed by atoms with Gasteiger partial charge in [-0.15, -0.1) is 0 Å². The van der Waals surface area contributed by atoms with E-state index in [1.165, 1.54) is 5.56 Å². The average Bonchev–Trinajstić information content (AvgIpc) is 2.29. The summed E-state index contributed by atoms with van der Waals surface area (Å²) >= 11 is 0. The second kappa shape index (κ2) is 4.90. The fourth-order valence-corrected chi connectivity index (χ4v) is 3.51. The average molecular weight is 223 g/mol. The van der Waals surface area contributed by atoms with Crippen molar-refractivity contribution in [1.29, 1.82) is 0 Å². The number of hydrogen-bond donors (Lipinski definition) is 1. The van der Waals surface area contributed by atoms with Crippen LogP contribution in [0.4, 0.5) is 0 Å². The molecule has 0 spiro atoms. The van der Waals surface area contributed by atoms with Gasteiger partial charge in [0.05, 0.1) is 10.8 Å². The Bertz CT molecular complexity index is 358. The largest absolute Gasteiger partial charge is 0.317 e. The van der Waals surface area contributed by atoms with Crippen LogP contribution in [0, 0.1) is 6.92 Å². The van der Waals surface area contributed by atoms with Crippen LogP contribution < -0.4 is 5.32 Å². The maximum Gasteiger partial charge on any atom is 0.0561 e. The zero-order chi connectivity index (χ0) is 10.7. The van der Waals surface area contributed by atoms with Crippen LogP contribution in [0.1, 0.15) is 18.4 Å². The highest BCUT2D eigenvalue weighted by Crippen LogP contribution is 2.18. The summed E-state index contributed by atoms with van der Waals surface area (Å²) in [7, 11) is -0.820. The molecule has 0 aromatic heterocycles. The summed E-state index contributed by atoms with van der Waals surface area (Å²) in [6.07, 6.45) is 2.06. The van der Waals surface area contributed by atoms with E-state index in [0.717, 1.165) is 30.8 Å². The third kappa shape index (κ3) is 2.67. The van der Waals surface area contributed by atoms with Crippen LogP contribution in [0.5, 0.6) is 0 Å². The van der Waals surface area contributed by atoms with Crippen LogP contribution in [0.25, 0.3) is 0 Å². The summed E-state index contributed by atoms with van der Waals surface area (Å²) in [5.74, 6) is 0. The van der Waals surface area contributed by atoms with Gasteiger partial charge < -0.3 is 5.32 Å². The maximum atomic E-state index is 12.2. The van der Waals surface area contributed by atoms with E-state index in [2.05, 4.69) is 5.32 Å². The molecule has 2 nitrogen and oxygen atoms in total. The van der Waals surface area contributed by atoms with E-state index in [4.69, 9.17) is 0 Å². The zero-order valence-corrected chi connectivity index (χ0v) is 9.85. The molecule has 15 heavy (non-hydrogen) atoms. The summed E-state index contributed by atoms with van der Waals surface area (Å²) in [5, 5.41) is 3.64. The Morgan fingerprint density at radius 3 is 2.73 bits per heavy atom. The number of benzene rings is 1. The highest BCUT2D eigenvalue weighted by Gasteiger charge is 2.20. The molecule has 1 aliphatic heterocycles. The predicted molar refractivity (Wildman–Crippen MR) is 63.5 cm³/mol. The molecule has 0 saturated carbocycles. The third-order valence-corrected chi connectivity index (χ3v) is 4.61. The zero-order valence-electron chi connectivity index (χ0n) is 9.03. The molecular formula is C12H17NOS. The van der Waals surface area contributed by atoms with Gasteiger partial charge in [-0.05, 0) is 50.6 Å². The lowest BCUT2D eigenvalue weighted by Gasteiger charge is -2.22. The van der Waals surface area contributed by atoms with Crippen molar-refractivity contribution in [2.45, 2.75) is 29.9 Å². The Morgan fingerprint density at radius 2 is 2.07 bits per heavy atom. The topological polar surface area (TPSA) is 29.1 Å². The highest BCUT2D eigenvalue weighted by molar-refractivity contribution is 7.85. The molecule has 1 saturated heterocycles. The quantitative estimate of drug-likeness (QED) is 0.829. The van der Waals surface area contributed by atoms with Crippen LogP contribution >= 0.6 is 0 Å². The van der Waals surface area contributed by atoms with Gasteiger partial charge in [-0.25, -0.2) is 0 Å². The summed E-state index contributed by atoms with van der Waals surface area (Å²) < 4.78 is 12.2. The first-order chi connectivity index (χ1) is 7.27. The lowest BCUT2D eigenvalue weighted by Crippen LogP contribution is -2.33. The molecule has 1 aromatic carbocycles. The minimum Gasteiger partial charge on any atom is -0.317 e.